The number of halogens is 1. The van der Waals surface area contributed by atoms with Gasteiger partial charge in [0.15, 0.2) is 5.13 Å². The summed E-state index contributed by atoms with van der Waals surface area (Å²) in [5.74, 6) is 0.0567. The molecule has 0 spiro atoms. The Morgan fingerprint density at radius 1 is 1.16 bits per heavy atom. The Bertz CT molecular complexity index is 1070. The van der Waals surface area contributed by atoms with E-state index < -0.39 is 0 Å². The molecule has 0 atom stereocenters. The average molecular weight is 459 g/mol. The summed E-state index contributed by atoms with van der Waals surface area (Å²) >= 11 is 7.80. The van der Waals surface area contributed by atoms with Gasteiger partial charge in [-0.05, 0) is 62.2 Å². The lowest BCUT2D eigenvalue weighted by molar-refractivity contribution is -0.115. The van der Waals surface area contributed by atoms with Gasteiger partial charge in [-0.25, -0.2) is 9.78 Å². The fourth-order valence-corrected chi connectivity index (χ4v) is 4.37. The number of carbonyl (C=O) groups excluding carboxylic acids is 2. The van der Waals surface area contributed by atoms with Crippen LogP contribution >= 0.6 is 22.9 Å². The number of hydrogen-bond acceptors (Lipinski definition) is 6. The molecular weight excluding hydrogens is 436 g/mol. The second-order valence-corrected chi connectivity index (χ2v) is 8.17. The molecule has 162 valence electrons. The summed E-state index contributed by atoms with van der Waals surface area (Å²) in [7, 11) is 0. The molecule has 0 N–H and O–H groups in total. The maximum atomic E-state index is 12.4. The van der Waals surface area contributed by atoms with Crippen LogP contribution in [0.5, 0.6) is 5.75 Å². The third-order valence-electron chi connectivity index (χ3n) is 4.42. The fourth-order valence-electron chi connectivity index (χ4n) is 3.10. The van der Waals surface area contributed by atoms with E-state index in [1.165, 1.54) is 23.2 Å². The number of ether oxygens (including phenoxy) is 2. The van der Waals surface area contributed by atoms with Crippen molar-refractivity contribution in [2.45, 2.75) is 34.3 Å². The Labute approximate surface area is 190 Å². The maximum absolute atomic E-state index is 12.4. The van der Waals surface area contributed by atoms with Gasteiger partial charge in [0.25, 0.3) is 0 Å². The topological polar surface area (TPSA) is 68.7 Å². The van der Waals surface area contributed by atoms with Crippen LogP contribution in [0.25, 0.3) is 0 Å². The number of aromatic nitrogens is 1. The van der Waals surface area contributed by atoms with Gasteiger partial charge in [-0.15, -0.1) is 11.3 Å². The van der Waals surface area contributed by atoms with Gasteiger partial charge < -0.3 is 9.47 Å². The summed E-state index contributed by atoms with van der Waals surface area (Å²) in [5, 5.41) is 2.87. The van der Waals surface area contributed by atoms with Crippen molar-refractivity contribution in [2.24, 2.45) is 0 Å². The molecule has 8 heteroatoms. The van der Waals surface area contributed by atoms with E-state index in [-0.39, 0.29) is 18.5 Å². The molecule has 2 aromatic carbocycles. The highest BCUT2D eigenvalue weighted by molar-refractivity contribution is 7.14. The van der Waals surface area contributed by atoms with Gasteiger partial charge in [-0.2, -0.15) is 0 Å². The lowest BCUT2D eigenvalue weighted by Gasteiger charge is -2.22. The summed E-state index contributed by atoms with van der Waals surface area (Å²) in [6.45, 7) is 7.67. The molecule has 0 radical (unpaired) electrons. The summed E-state index contributed by atoms with van der Waals surface area (Å²) in [6, 6.07) is 10.5. The van der Waals surface area contributed by atoms with Crippen molar-refractivity contribution in [3.8, 4) is 5.75 Å². The molecule has 6 nitrogen and oxygen atoms in total. The molecule has 0 unspecified atom stereocenters. The van der Waals surface area contributed by atoms with Gasteiger partial charge in [0.1, 0.15) is 12.4 Å². The van der Waals surface area contributed by atoms with Crippen LogP contribution in [-0.4, -0.2) is 23.5 Å². The van der Waals surface area contributed by atoms with E-state index >= 15 is 0 Å². The summed E-state index contributed by atoms with van der Waals surface area (Å²) in [4.78, 5) is 30.2. The van der Waals surface area contributed by atoms with E-state index in [9.17, 15) is 9.59 Å². The number of amides is 1. The second kappa shape index (κ2) is 9.94. The molecule has 31 heavy (non-hydrogen) atoms. The van der Waals surface area contributed by atoms with Gasteiger partial charge >= 0.3 is 5.97 Å². The maximum Gasteiger partial charge on any atom is 0.338 e. The van der Waals surface area contributed by atoms with Crippen LogP contribution in [0.2, 0.25) is 5.02 Å². The van der Waals surface area contributed by atoms with E-state index in [2.05, 4.69) is 4.98 Å². The predicted octanol–water partition coefficient (Wildman–Crippen LogP) is 5.85. The SMILES string of the molecule is CCOC(=O)c1ccc(OCc2csc(N(C(C)=O)c3c(C)cc(C)cc3Cl)n2)cc1. The minimum atomic E-state index is -0.368. The zero-order chi connectivity index (χ0) is 22.5. The second-order valence-electron chi connectivity index (χ2n) is 6.92. The van der Waals surface area contributed by atoms with Gasteiger partial charge in [0.2, 0.25) is 5.91 Å². The Morgan fingerprint density at radius 2 is 1.87 bits per heavy atom. The van der Waals surface area contributed by atoms with Crippen LogP contribution in [0.3, 0.4) is 0 Å². The number of hydrogen-bond donors (Lipinski definition) is 0. The van der Waals surface area contributed by atoms with Crippen molar-refractivity contribution in [3.05, 3.63) is 69.2 Å². The lowest BCUT2D eigenvalue weighted by Crippen LogP contribution is -2.24. The highest BCUT2D eigenvalue weighted by Crippen LogP contribution is 2.37. The van der Waals surface area contributed by atoms with E-state index in [0.29, 0.717) is 39.5 Å². The minimum Gasteiger partial charge on any atom is -0.487 e. The molecule has 3 aromatic rings. The lowest BCUT2D eigenvalue weighted by atomic mass is 10.1. The Morgan fingerprint density at radius 3 is 2.48 bits per heavy atom. The third kappa shape index (κ3) is 5.42. The Balaban J connectivity index is 1.74. The van der Waals surface area contributed by atoms with Gasteiger partial charge in [0, 0.05) is 12.3 Å². The van der Waals surface area contributed by atoms with Crippen LogP contribution in [0, 0.1) is 13.8 Å². The highest BCUT2D eigenvalue weighted by atomic mass is 35.5. The Hall–Kier alpha value is -2.90. The summed E-state index contributed by atoms with van der Waals surface area (Å²) in [6.07, 6.45) is 0. The van der Waals surface area contributed by atoms with Crippen molar-refractivity contribution in [1.29, 1.82) is 0 Å². The standard InChI is InChI=1S/C23H23ClN2O4S/c1-5-29-22(28)17-6-8-19(9-7-17)30-12-18-13-31-23(25-18)26(16(4)27)21-15(3)10-14(2)11-20(21)24/h6-11,13H,5,12H2,1-4H3. The average Bonchev–Trinajstić information content (AvgIpc) is 3.17. The largest absolute Gasteiger partial charge is 0.487 e. The first kappa shape index (κ1) is 22.8. The molecule has 1 aromatic heterocycles. The highest BCUT2D eigenvalue weighted by Gasteiger charge is 2.22. The molecule has 0 aliphatic heterocycles. The molecule has 0 aliphatic carbocycles. The number of thiazole rings is 1. The van der Waals surface area contributed by atoms with Crippen molar-refractivity contribution < 1.29 is 19.1 Å². The third-order valence-corrected chi connectivity index (χ3v) is 5.58. The molecule has 1 amide bonds. The molecule has 0 saturated carbocycles. The number of esters is 1. The van der Waals surface area contributed by atoms with Crippen molar-refractivity contribution in [3.63, 3.8) is 0 Å². The molecule has 3 rings (SSSR count). The predicted molar refractivity (Wildman–Crippen MR) is 123 cm³/mol. The van der Waals surface area contributed by atoms with E-state index in [4.69, 9.17) is 21.1 Å². The summed E-state index contributed by atoms with van der Waals surface area (Å²) in [5.41, 5.74) is 3.71. The van der Waals surface area contributed by atoms with Crippen LogP contribution in [-0.2, 0) is 16.1 Å². The first-order chi connectivity index (χ1) is 14.8. The van der Waals surface area contributed by atoms with Crippen LogP contribution < -0.4 is 9.64 Å². The number of benzene rings is 2. The molecule has 0 saturated heterocycles. The van der Waals surface area contributed by atoms with Crippen molar-refractivity contribution in [2.75, 3.05) is 11.5 Å². The van der Waals surface area contributed by atoms with Gasteiger partial charge in [-0.3, -0.25) is 9.69 Å². The van der Waals surface area contributed by atoms with Gasteiger partial charge in [-0.1, -0.05) is 17.7 Å². The molecule has 0 bridgehead atoms. The fraction of sp³-hybridized carbons (Fsp3) is 0.261. The van der Waals surface area contributed by atoms with E-state index in [1.807, 2.05) is 31.4 Å². The quantitative estimate of drug-likeness (QED) is 0.415. The van der Waals surface area contributed by atoms with Crippen LogP contribution in [0.1, 0.15) is 41.0 Å². The molecule has 0 fully saturated rings. The molecule has 1 heterocycles. The number of anilines is 2. The zero-order valence-electron chi connectivity index (χ0n) is 17.8. The first-order valence-electron chi connectivity index (χ1n) is 9.72. The smallest absolute Gasteiger partial charge is 0.338 e. The van der Waals surface area contributed by atoms with Crippen LogP contribution in [0.15, 0.2) is 41.8 Å². The summed E-state index contributed by atoms with van der Waals surface area (Å²) < 4.78 is 10.7. The van der Waals surface area contributed by atoms with Crippen LogP contribution in [0.4, 0.5) is 10.8 Å². The number of rotatable bonds is 7. The molecular formula is C23H23ClN2O4S. The minimum absolute atomic E-state index is 0.176. The van der Waals surface area contributed by atoms with Crippen molar-refractivity contribution >= 4 is 45.6 Å². The Kier molecular flexibility index (Phi) is 7.30. The van der Waals surface area contributed by atoms with Crippen molar-refractivity contribution in [1.82, 2.24) is 4.98 Å². The zero-order valence-corrected chi connectivity index (χ0v) is 19.3. The monoisotopic (exact) mass is 458 g/mol. The number of nitrogens with zero attached hydrogens (tertiary/aromatic N) is 2. The van der Waals surface area contributed by atoms with Gasteiger partial charge in [0.05, 0.1) is 28.6 Å². The first-order valence-corrected chi connectivity index (χ1v) is 11.0. The number of aryl methyl sites for hydroxylation is 2. The van der Waals surface area contributed by atoms with E-state index in [1.54, 1.807) is 31.2 Å². The number of carbonyl (C=O) groups is 2. The molecule has 0 aliphatic rings. The normalized spacial score (nSPS) is 10.6. The van der Waals surface area contributed by atoms with E-state index in [0.717, 1.165) is 11.1 Å².